The second-order valence-corrected chi connectivity index (χ2v) is 5.31. The fourth-order valence-electron chi connectivity index (χ4n) is 2.32. The topological polar surface area (TPSA) is 59.2 Å². The van der Waals surface area contributed by atoms with Crippen molar-refractivity contribution in [1.29, 1.82) is 0 Å². The van der Waals surface area contributed by atoms with Gasteiger partial charge in [-0.05, 0) is 25.8 Å². The molecule has 5 heteroatoms. The molecule has 1 aliphatic heterocycles. The minimum absolute atomic E-state index is 0.0915. The number of rotatable bonds is 4. The van der Waals surface area contributed by atoms with Crippen molar-refractivity contribution in [2.45, 2.75) is 38.6 Å². The number of nitrogens with two attached hydrogens (primary N) is 1. The van der Waals surface area contributed by atoms with Gasteiger partial charge in [-0.25, -0.2) is 4.98 Å². The summed E-state index contributed by atoms with van der Waals surface area (Å²) in [5.74, 6) is 0.0915. The Balaban J connectivity index is 2.07. The maximum absolute atomic E-state index is 12.3. The highest BCUT2D eigenvalue weighted by Crippen LogP contribution is 2.22. The van der Waals surface area contributed by atoms with Crippen LogP contribution in [0.15, 0.2) is 5.38 Å². The first-order valence-corrected chi connectivity index (χ1v) is 7.09. The van der Waals surface area contributed by atoms with E-state index in [9.17, 15) is 4.79 Å². The molecule has 0 saturated carbocycles. The molecule has 4 nitrogen and oxygen atoms in total. The summed E-state index contributed by atoms with van der Waals surface area (Å²) in [7, 11) is 0. The minimum atomic E-state index is 0.0915. The number of thiazole rings is 1. The average molecular weight is 253 g/mol. The monoisotopic (exact) mass is 253 g/mol. The summed E-state index contributed by atoms with van der Waals surface area (Å²) in [6, 6.07) is 0.405. The van der Waals surface area contributed by atoms with E-state index in [1.165, 1.54) is 11.3 Å². The van der Waals surface area contributed by atoms with E-state index in [0.29, 0.717) is 18.3 Å². The molecular formula is C12H19N3OS. The quantitative estimate of drug-likeness (QED) is 0.887. The van der Waals surface area contributed by atoms with Crippen molar-refractivity contribution < 1.29 is 4.79 Å². The van der Waals surface area contributed by atoms with Crippen molar-refractivity contribution in [2.24, 2.45) is 5.73 Å². The van der Waals surface area contributed by atoms with Crippen molar-refractivity contribution >= 4 is 17.2 Å². The molecule has 2 rings (SSSR count). The van der Waals surface area contributed by atoms with E-state index in [2.05, 4.69) is 11.9 Å². The SMILES string of the molecule is CCC1CCCN1C(=O)c1csc(CCN)n1. The lowest BCUT2D eigenvalue weighted by molar-refractivity contribution is 0.0728. The molecule has 1 saturated heterocycles. The predicted octanol–water partition coefficient (Wildman–Crippen LogP) is 1.66. The number of carbonyl (C=O) groups excluding carboxylic acids is 1. The lowest BCUT2D eigenvalue weighted by Gasteiger charge is -2.22. The molecule has 1 aromatic rings. The van der Waals surface area contributed by atoms with E-state index in [0.717, 1.165) is 37.2 Å². The van der Waals surface area contributed by atoms with E-state index >= 15 is 0 Å². The Morgan fingerprint density at radius 1 is 1.71 bits per heavy atom. The van der Waals surface area contributed by atoms with Crippen LogP contribution in [0.25, 0.3) is 0 Å². The smallest absolute Gasteiger partial charge is 0.273 e. The zero-order chi connectivity index (χ0) is 12.3. The van der Waals surface area contributed by atoms with Gasteiger partial charge in [0.1, 0.15) is 5.69 Å². The second kappa shape index (κ2) is 5.60. The number of hydrogen-bond donors (Lipinski definition) is 1. The molecule has 1 unspecified atom stereocenters. The molecule has 0 aromatic carbocycles. The van der Waals surface area contributed by atoms with Crippen LogP contribution in [0.5, 0.6) is 0 Å². The third-order valence-corrected chi connectivity index (χ3v) is 4.15. The van der Waals surface area contributed by atoms with Gasteiger partial charge in [-0.1, -0.05) is 6.92 Å². The summed E-state index contributed by atoms with van der Waals surface area (Å²) in [6.45, 7) is 3.60. The van der Waals surface area contributed by atoms with Gasteiger partial charge in [-0.2, -0.15) is 0 Å². The van der Waals surface area contributed by atoms with E-state index in [-0.39, 0.29) is 5.91 Å². The Kier molecular flexibility index (Phi) is 4.12. The van der Waals surface area contributed by atoms with Gasteiger partial charge >= 0.3 is 0 Å². The Hall–Kier alpha value is -0.940. The van der Waals surface area contributed by atoms with Crippen LogP contribution < -0.4 is 5.73 Å². The summed E-state index contributed by atoms with van der Waals surface area (Å²) in [4.78, 5) is 18.6. The minimum Gasteiger partial charge on any atom is -0.334 e. The molecule has 0 aliphatic carbocycles. The number of nitrogens with zero attached hydrogens (tertiary/aromatic N) is 2. The van der Waals surface area contributed by atoms with Gasteiger partial charge in [-0.15, -0.1) is 11.3 Å². The van der Waals surface area contributed by atoms with Crippen molar-refractivity contribution in [3.8, 4) is 0 Å². The van der Waals surface area contributed by atoms with Crippen LogP contribution >= 0.6 is 11.3 Å². The maximum Gasteiger partial charge on any atom is 0.273 e. The van der Waals surface area contributed by atoms with E-state index in [1.54, 1.807) is 0 Å². The summed E-state index contributed by atoms with van der Waals surface area (Å²) in [6.07, 6.45) is 4.03. The lowest BCUT2D eigenvalue weighted by atomic mass is 10.1. The largest absolute Gasteiger partial charge is 0.334 e. The van der Waals surface area contributed by atoms with Gasteiger partial charge in [0.25, 0.3) is 5.91 Å². The van der Waals surface area contributed by atoms with Crippen LogP contribution in [-0.4, -0.2) is 34.9 Å². The molecule has 94 valence electrons. The first-order valence-electron chi connectivity index (χ1n) is 6.21. The van der Waals surface area contributed by atoms with Gasteiger partial charge in [0.2, 0.25) is 0 Å². The Morgan fingerprint density at radius 2 is 2.53 bits per heavy atom. The van der Waals surface area contributed by atoms with Crippen LogP contribution in [0.2, 0.25) is 0 Å². The number of amides is 1. The van der Waals surface area contributed by atoms with Gasteiger partial charge < -0.3 is 10.6 Å². The maximum atomic E-state index is 12.3. The summed E-state index contributed by atoms with van der Waals surface area (Å²) in [5.41, 5.74) is 6.08. The van der Waals surface area contributed by atoms with E-state index in [1.807, 2.05) is 10.3 Å². The fourth-order valence-corrected chi connectivity index (χ4v) is 3.11. The third-order valence-electron chi connectivity index (χ3n) is 3.24. The van der Waals surface area contributed by atoms with Crippen molar-refractivity contribution in [3.63, 3.8) is 0 Å². The first-order chi connectivity index (χ1) is 8.26. The summed E-state index contributed by atoms with van der Waals surface area (Å²) in [5, 5.41) is 2.82. The highest BCUT2D eigenvalue weighted by Gasteiger charge is 2.29. The zero-order valence-corrected chi connectivity index (χ0v) is 11.0. The molecule has 0 spiro atoms. The van der Waals surface area contributed by atoms with Crippen molar-refractivity contribution in [1.82, 2.24) is 9.88 Å². The molecular weight excluding hydrogens is 234 g/mol. The molecule has 1 fully saturated rings. The van der Waals surface area contributed by atoms with Gasteiger partial charge in [0, 0.05) is 24.4 Å². The molecule has 17 heavy (non-hydrogen) atoms. The van der Waals surface area contributed by atoms with Gasteiger partial charge in [-0.3, -0.25) is 4.79 Å². The zero-order valence-electron chi connectivity index (χ0n) is 10.2. The van der Waals surface area contributed by atoms with E-state index in [4.69, 9.17) is 5.73 Å². The summed E-state index contributed by atoms with van der Waals surface area (Å²) < 4.78 is 0. The normalized spacial score (nSPS) is 19.9. The molecule has 0 radical (unpaired) electrons. The van der Waals surface area contributed by atoms with Crippen LogP contribution in [-0.2, 0) is 6.42 Å². The molecule has 2 heterocycles. The Bertz CT molecular complexity index is 391. The van der Waals surface area contributed by atoms with Gasteiger partial charge in [0.15, 0.2) is 0 Å². The number of likely N-dealkylation sites (tertiary alicyclic amines) is 1. The molecule has 1 amide bonds. The average Bonchev–Trinajstić information content (AvgIpc) is 2.96. The van der Waals surface area contributed by atoms with Gasteiger partial charge in [0.05, 0.1) is 5.01 Å². The van der Waals surface area contributed by atoms with E-state index < -0.39 is 0 Å². The molecule has 1 aromatic heterocycles. The number of hydrogen-bond acceptors (Lipinski definition) is 4. The second-order valence-electron chi connectivity index (χ2n) is 4.37. The highest BCUT2D eigenvalue weighted by atomic mass is 32.1. The fraction of sp³-hybridized carbons (Fsp3) is 0.667. The Labute approximate surface area is 106 Å². The van der Waals surface area contributed by atoms with Crippen LogP contribution in [0, 0.1) is 0 Å². The molecule has 2 N–H and O–H groups in total. The van der Waals surface area contributed by atoms with Crippen molar-refractivity contribution in [3.05, 3.63) is 16.1 Å². The summed E-state index contributed by atoms with van der Waals surface area (Å²) >= 11 is 1.53. The standard InChI is InChI=1S/C12H19N3OS/c1-2-9-4-3-7-15(9)12(16)10-8-17-11(14-10)5-6-13/h8-9H,2-7,13H2,1H3. The molecule has 1 atom stereocenters. The first kappa shape index (κ1) is 12.5. The third kappa shape index (κ3) is 2.66. The van der Waals surface area contributed by atoms with Crippen molar-refractivity contribution in [2.75, 3.05) is 13.1 Å². The van der Waals surface area contributed by atoms with Crippen LogP contribution in [0.3, 0.4) is 0 Å². The number of aromatic nitrogens is 1. The predicted molar refractivity (Wildman–Crippen MR) is 69.2 cm³/mol. The highest BCUT2D eigenvalue weighted by molar-refractivity contribution is 7.09. The van der Waals surface area contributed by atoms with Crippen LogP contribution in [0.1, 0.15) is 41.7 Å². The molecule has 1 aliphatic rings. The Morgan fingerprint density at radius 3 is 3.24 bits per heavy atom. The molecule has 0 bridgehead atoms. The lowest BCUT2D eigenvalue weighted by Crippen LogP contribution is -2.35. The van der Waals surface area contributed by atoms with Crippen LogP contribution in [0.4, 0.5) is 0 Å². The number of carbonyl (C=O) groups is 1.